The van der Waals surface area contributed by atoms with Gasteiger partial charge in [-0.3, -0.25) is 4.79 Å². The van der Waals surface area contributed by atoms with Crippen molar-refractivity contribution in [2.45, 2.75) is 31.7 Å². The normalized spacial score (nSPS) is 23.2. The highest BCUT2D eigenvalue weighted by Crippen LogP contribution is 2.29. The SMILES string of the molecule is O=C(NC1CCCN(c2ccc(F)cn2)C1)C1CC1. The smallest absolute Gasteiger partial charge is 0.223 e. The van der Waals surface area contributed by atoms with Crippen LogP contribution in [0.25, 0.3) is 0 Å². The summed E-state index contributed by atoms with van der Waals surface area (Å²) >= 11 is 0. The first-order valence-electron chi connectivity index (χ1n) is 6.89. The average molecular weight is 263 g/mol. The standard InChI is InChI=1S/C14H18FN3O/c15-11-5-6-13(16-8-11)18-7-1-2-12(9-18)17-14(19)10-3-4-10/h5-6,8,10,12H,1-4,7,9H2,(H,17,19). The van der Waals surface area contributed by atoms with Crippen LogP contribution < -0.4 is 10.2 Å². The summed E-state index contributed by atoms with van der Waals surface area (Å²) < 4.78 is 12.9. The van der Waals surface area contributed by atoms with Crippen molar-refractivity contribution in [3.8, 4) is 0 Å². The van der Waals surface area contributed by atoms with Crippen LogP contribution in [0.4, 0.5) is 10.2 Å². The zero-order valence-electron chi connectivity index (χ0n) is 10.8. The van der Waals surface area contributed by atoms with Gasteiger partial charge in [0.1, 0.15) is 11.6 Å². The molecule has 102 valence electrons. The fraction of sp³-hybridized carbons (Fsp3) is 0.571. The number of amides is 1. The number of aromatic nitrogens is 1. The van der Waals surface area contributed by atoms with Gasteiger partial charge < -0.3 is 10.2 Å². The molecule has 3 rings (SSSR count). The highest BCUT2D eigenvalue weighted by molar-refractivity contribution is 5.81. The molecule has 1 saturated carbocycles. The summed E-state index contributed by atoms with van der Waals surface area (Å²) in [5.41, 5.74) is 0. The fourth-order valence-corrected chi connectivity index (χ4v) is 2.52. The summed E-state index contributed by atoms with van der Waals surface area (Å²) in [6.45, 7) is 1.67. The van der Waals surface area contributed by atoms with E-state index in [-0.39, 0.29) is 23.7 Å². The van der Waals surface area contributed by atoms with E-state index >= 15 is 0 Å². The first-order valence-corrected chi connectivity index (χ1v) is 6.89. The molecular formula is C14H18FN3O. The number of nitrogens with zero attached hydrogens (tertiary/aromatic N) is 2. The molecule has 0 radical (unpaired) electrons. The Kier molecular flexibility index (Phi) is 3.36. The molecule has 19 heavy (non-hydrogen) atoms. The van der Waals surface area contributed by atoms with E-state index in [2.05, 4.69) is 15.2 Å². The van der Waals surface area contributed by atoms with Crippen LogP contribution >= 0.6 is 0 Å². The van der Waals surface area contributed by atoms with Gasteiger partial charge in [0.2, 0.25) is 5.91 Å². The van der Waals surface area contributed by atoms with Crippen molar-refractivity contribution in [1.29, 1.82) is 0 Å². The van der Waals surface area contributed by atoms with Crippen molar-refractivity contribution in [2.75, 3.05) is 18.0 Å². The number of carbonyl (C=O) groups excluding carboxylic acids is 1. The quantitative estimate of drug-likeness (QED) is 0.903. The van der Waals surface area contributed by atoms with Gasteiger partial charge >= 0.3 is 0 Å². The summed E-state index contributed by atoms with van der Waals surface area (Å²) in [6, 6.07) is 3.31. The molecule has 0 aromatic carbocycles. The molecule has 1 saturated heterocycles. The van der Waals surface area contributed by atoms with Crippen molar-refractivity contribution in [3.05, 3.63) is 24.1 Å². The molecule has 1 atom stereocenters. The van der Waals surface area contributed by atoms with Crippen LogP contribution in [0.15, 0.2) is 18.3 Å². The van der Waals surface area contributed by atoms with E-state index in [1.807, 2.05) is 0 Å². The minimum Gasteiger partial charge on any atom is -0.355 e. The van der Waals surface area contributed by atoms with Gasteiger partial charge in [-0.2, -0.15) is 0 Å². The lowest BCUT2D eigenvalue weighted by Gasteiger charge is -2.34. The van der Waals surface area contributed by atoms with Gasteiger partial charge in [0.15, 0.2) is 0 Å². The Bertz CT molecular complexity index is 458. The van der Waals surface area contributed by atoms with Gasteiger partial charge in [-0.25, -0.2) is 9.37 Å². The Hall–Kier alpha value is -1.65. The predicted molar refractivity (Wildman–Crippen MR) is 70.3 cm³/mol. The van der Waals surface area contributed by atoms with Gasteiger partial charge in [-0.1, -0.05) is 0 Å². The fourth-order valence-electron chi connectivity index (χ4n) is 2.52. The van der Waals surface area contributed by atoms with E-state index in [9.17, 15) is 9.18 Å². The van der Waals surface area contributed by atoms with Gasteiger partial charge in [0.25, 0.3) is 0 Å². The summed E-state index contributed by atoms with van der Waals surface area (Å²) in [7, 11) is 0. The number of hydrogen-bond acceptors (Lipinski definition) is 3. The number of halogens is 1. The number of hydrogen-bond donors (Lipinski definition) is 1. The Morgan fingerprint density at radius 2 is 2.21 bits per heavy atom. The molecule has 2 fully saturated rings. The number of rotatable bonds is 3. The van der Waals surface area contributed by atoms with Crippen LogP contribution in [-0.4, -0.2) is 30.0 Å². The highest BCUT2D eigenvalue weighted by Gasteiger charge is 2.32. The topological polar surface area (TPSA) is 45.2 Å². The monoisotopic (exact) mass is 263 g/mol. The van der Waals surface area contributed by atoms with Crippen LogP contribution in [0.2, 0.25) is 0 Å². The number of piperidine rings is 1. The highest BCUT2D eigenvalue weighted by atomic mass is 19.1. The molecule has 0 bridgehead atoms. The van der Waals surface area contributed by atoms with Crippen molar-refractivity contribution in [1.82, 2.24) is 10.3 Å². The molecule has 1 aliphatic carbocycles. The molecular weight excluding hydrogens is 245 g/mol. The van der Waals surface area contributed by atoms with Gasteiger partial charge in [-0.15, -0.1) is 0 Å². The van der Waals surface area contributed by atoms with Crippen LogP contribution in [0.5, 0.6) is 0 Å². The summed E-state index contributed by atoms with van der Waals surface area (Å²) in [6.07, 6.45) is 5.33. The minimum atomic E-state index is -0.320. The minimum absolute atomic E-state index is 0.189. The van der Waals surface area contributed by atoms with Crippen LogP contribution in [0.1, 0.15) is 25.7 Å². The third-order valence-electron chi connectivity index (χ3n) is 3.75. The van der Waals surface area contributed by atoms with E-state index in [4.69, 9.17) is 0 Å². The van der Waals surface area contributed by atoms with Crippen LogP contribution in [-0.2, 0) is 4.79 Å². The second-order valence-corrected chi connectivity index (χ2v) is 5.40. The van der Waals surface area contributed by atoms with E-state index in [0.717, 1.165) is 44.6 Å². The lowest BCUT2D eigenvalue weighted by Crippen LogP contribution is -2.48. The molecule has 1 unspecified atom stereocenters. The van der Waals surface area contributed by atoms with E-state index in [1.165, 1.54) is 12.3 Å². The first-order chi connectivity index (χ1) is 9.22. The van der Waals surface area contributed by atoms with Gasteiger partial charge in [0, 0.05) is 25.0 Å². The summed E-state index contributed by atoms with van der Waals surface area (Å²) in [5, 5.41) is 3.11. The maximum Gasteiger partial charge on any atom is 0.223 e. The number of pyridine rings is 1. The van der Waals surface area contributed by atoms with Gasteiger partial charge in [-0.05, 0) is 37.8 Å². The van der Waals surface area contributed by atoms with Crippen molar-refractivity contribution in [3.63, 3.8) is 0 Å². The predicted octanol–water partition coefficient (Wildman–Crippen LogP) is 1.72. The molecule has 2 aliphatic rings. The second kappa shape index (κ2) is 5.15. The third-order valence-corrected chi connectivity index (χ3v) is 3.75. The molecule has 1 aliphatic heterocycles. The van der Waals surface area contributed by atoms with Crippen molar-refractivity contribution in [2.24, 2.45) is 5.92 Å². The number of nitrogens with one attached hydrogen (secondary N) is 1. The van der Waals surface area contributed by atoms with E-state index in [1.54, 1.807) is 6.07 Å². The Morgan fingerprint density at radius 1 is 1.37 bits per heavy atom. The maximum absolute atomic E-state index is 12.9. The average Bonchev–Trinajstić information content (AvgIpc) is 3.24. The lowest BCUT2D eigenvalue weighted by atomic mass is 10.1. The molecule has 2 heterocycles. The lowest BCUT2D eigenvalue weighted by molar-refractivity contribution is -0.123. The maximum atomic E-state index is 12.9. The molecule has 1 aromatic rings. The largest absolute Gasteiger partial charge is 0.355 e. The zero-order chi connectivity index (χ0) is 13.2. The first kappa shape index (κ1) is 12.4. The molecule has 1 N–H and O–H groups in total. The number of anilines is 1. The molecule has 1 amide bonds. The second-order valence-electron chi connectivity index (χ2n) is 5.40. The Balaban J connectivity index is 1.60. The van der Waals surface area contributed by atoms with Gasteiger partial charge in [0.05, 0.1) is 6.20 Å². The van der Waals surface area contributed by atoms with E-state index in [0.29, 0.717) is 0 Å². The summed E-state index contributed by atoms with van der Waals surface area (Å²) in [5.74, 6) is 0.907. The van der Waals surface area contributed by atoms with Crippen molar-refractivity contribution >= 4 is 11.7 Å². The zero-order valence-corrected chi connectivity index (χ0v) is 10.8. The van der Waals surface area contributed by atoms with Crippen molar-refractivity contribution < 1.29 is 9.18 Å². The Morgan fingerprint density at radius 3 is 2.89 bits per heavy atom. The molecule has 0 spiro atoms. The summed E-state index contributed by atoms with van der Waals surface area (Å²) in [4.78, 5) is 18.0. The molecule has 4 nitrogen and oxygen atoms in total. The molecule has 5 heteroatoms. The molecule has 1 aromatic heterocycles. The van der Waals surface area contributed by atoms with Crippen LogP contribution in [0, 0.1) is 11.7 Å². The van der Waals surface area contributed by atoms with E-state index < -0.39 is 0 Å². The third kappa shape index (κ3) is 3.03. The Labute approximate surface area is 112 Å². The number of carbonyl (C=O) groups is 1. The van der Waals surface area contributed by atoms with Crippen LogP contribution in [0.3, 0.4) is 0 Å².